The number of hydrogen-bond donors (Lipinski definition) is 1. The van der Waals surface area contributed by atoms with Crippen molar-refractivity contribution in [2.75, 3.05) is 26.8 Å². The van der Waals surface area contributed by atoms with Gasteiger partial charge in [-0.05, 0) is 42.8 Å². The number of aromatic nitrogens is 2. The average molecular weight is 426 g/mol. The van der Waals surface area contributed by atoms with E-state index in [4.69, 9.17) is 21.1 Å². The van der Waals surface area contributed by atoms with E-state index in [9.17, 15) is 4.79 Å². The number of benzene rings is 2. The van der Waals surface area contributed by atoms with Crippen molar-refractivity contribution in [2.24, 2.45) is 0 Å². The number of aromatic amines is 1. The van der Waals surface area contributed by atoms with Crippen LogP contribution in [0.25, 0.3) is 0 Å². The van der Waals surface area contributed by atoms with Crippen molar-refractivity contribution in [2.45, 2.75) is 18.8 Å². The quantitative estimate of drug-likeness (QED) is 0.612. The highest BCUT2D eigenvalue weighted by Crippen LogP contribution is 2.28. The van der Waals surface area contributed by atoms with Gasteiger partial charge in [0.15, 0.2) is 0 Å². The highest BCUT2D eigenvalue weighted by molar-refractivity contribution is 6.32. The van der Waals surface area contributed by atoms with Crippen LogP contribution in [0.4, 0.5) is 0 Å². The Hall–Kier alpha value is -2.99. The monoisotopic (exact) mass is 425 g/mol. The van der Waals surface area contributed by atoms with E-state index in [0.29, 0.717) is 41.7 Å². The van der Waals surface area contributed by atoms with Crippen LogP contribution < -0.4 is 9.47 Å². The summed E-state index contributed by atoms with van der Waals surface area (Å²) in [6, 6.07) is 16.8. The van der Waals surface area contributed by atoms with Crippen molar-refractivity contribution in [3.05, 3.63) is 76.6 Å². The molecule has 1 aromatic heterocycles. The van der Waals surface area contributed by atoms with Gasteiger partial charge >= 0.3 is 0 Å². The van der Waals surface area contributed by atoms with Gasteiger partial charge in [0.2, 0.25) is 0 Å². The van der Waals surface area contributed by atoms with Crippen molar-refractivity contribution >= 4 is 17.5 Å². The molecule has 1 amide bonds. The highest BCUT2D eigenvalue weighted by atomic mass is 35.5. The fourth-order valence-electron chi connectivity index (χ4n) is 3.67. The number of para-hydroxylation sites is 1. The van der Waals surface area contributed by atoms with E-state index in [2.05, 4.69) is 16.3 Å². The number of methoxy groups -OCH3 is 1. The van der Waals surface area contributed by atoms with E-state index < -0.39 is 0 Å². The first-order valence-corrected chi connectivity index (χ1v) is 10.4. The molecule has 0 aliphatic carbocycles. The van der Waals surface area contributed by atoms with E-state index in [1.54, 1.807) is 13.2 Å². The van der Waals surface area contributed by atoms with E-state index in [1.807, 2.05) is 47.4 Å². The molecule has 1 aliphatic rings. The largest absolute Gasteiger partial charge is 0.497 e. The first-order chi connectivity index (χ1) is 14.6. The minimum atomic E-state index is 0.0281. The smallest absolute Gasteiger partial charge is 0.254 e. The number of carbonyl (C=O) groups is 1. The predicted octanol–water partition coefficient (Wildman–Crippen LogP) is 4.32. The predicted molar refractivity (Wildman–Crippen MR) is 115 cm³/mol. The summed E-state index contributed by atoms with van der Waals surface area (Å²) in [6.45, 7) is 1.89. The summed E-state index contributed by atoms with van der Waals surface area (Å²) in [6.07, 6.45) is 1.60. The summed E-state index contributed by atoms with van der Waals surface area (Å²) < 4.78 is 11.0. The van der Waals surface area contributed by atoms with E-state index in [0.717, 1.165) is 24.4 Å². The third-order valence-corrected chi connectivity index (χ3v) is 5.64. The molecule has 0 spiro atoms. The summed E-state index contributed by atoms with van der Waals surface area (Å²) in [5.41, 5.74) is 2.65. The minimum absolute atomic E-state index is 0.0281. The van der Waals surface area contributed by atoms with Gasteiger partial charge in [-0.3, -0.25) is 9.89 Å². The number of nitrogens with zero attached hydrogens (tertiary/aromatic N) is 2. The van der Waals surface area contributed by atoms with E-state index >= 15 is 0 Å². The number of hydrogen-bond acceptors (Lipinski definition) is 4. The zero-order chi connectivity index (χ0) is 20.9. The molecule has 2 aromatic carbocycles. The molecule has 1 atom stereocenters. The van der Waals surface area contributed by atoms with Gasteiger partial charge in [-0.1, -0.05) is 29.8 Å². The summed E-state index contributed by atoms with van der Waals surface area (Å²) in [4.78, 5) is 14.7. The lowest BCUT2D eigenvalue weighted by molar-refractivity contribution is 0.0790. The zero-order valence-corrected chi connectivity index (χ0v) is 17.6. The summed E-state index contributed by atoms with van der Waals surface area (Å²) in [5.74, 6) is 1.63. The van der Waals surface area contributed by atoms with Gasteiger partial charge in [-0.25, -0.2) is 0 Å². The van der Waals surface area contributed by atoms with Crippen LogP contribution in [0.15, 0.2) is 54.6 Å². The lowest BCUT2D eigenvalue weighted by Crippen LogP contribution is -2.28. The van der Waals surface area contributed by atoms with Crippen LogP contribution in [0.3, 0.4) is 0 Å². The van der Waals surface area contributed by atoms with Crippen molar-refractivity contribution in [1.29, 1.82) is 0 Å². The van der Waals surface area contributed by atoms with Crippen molar-refractivity contribution in [3.63, 3.8) is 0 Å². The molecule has 1 fully saturated rings. The second-order valence-corrected chi connectivity index (χ2v) is 7.72. The topological polar surface area (TPSA) is 67.4 Å². The second-order valence-electron chi connectivity index (χ2n) is 7.32. The van der Waals surface area contributed by atoms with Gasteiger partial charge in [0.25, 0.3) is 5.91 Å². The zero-order valence-electron chi connectivity index (χ0n) is 16.8. The van der Waals surface area contributed by atoms with Gasteiger partial charge in [-0.2, -0.15) is 5.10 Å². The fraction of sp³-hybridized carbons (Fsp3) is 0.304. The Bertz CT molecular complexity index is 1020. The molecule has 0 radical (unpaired) electrons. The van der Waals surface area contributed by atoms with Gasteiger partial charge < -0.3 is 14.4 Å². The fourth-order valence-corrected chi connectivity index (χ4v) is 3.86. The third-order valence-electron chi connectivity index (χ3n) is 5.33. The molecule has 0 bridgehead atoms. The molecule has 0 unspecified atom stereocenters. The SMILES string of the molecule is COc1cccc(C(=O)N2CC[C@@H](c3cc(CCOc4ccccc4Cl)[nH]n3)C2)c1. The summed E-state index contributed by atoms with van der Waals surface area (Å²) in [5, 5.41) is 8.17. The minimum Gasteiger partial charge on any atom is -0.497 e. The van der Waals surface area contributed by atoms with Crippen LogP contribution in [-0.2, 0) is 6.42 Å². The maximum Gasteiger partial charge on any atom is 0.254 e. The number of amides is 1. The second kappa shape index (κ2) is 9.22. The molecule has 1 aliphatic heterocycles. The molecule has 6 nitrogen and oxygen atoms in total. The van der Waals surface area contributed by atoms with Gasteiger partial charge in [-0.15, -0.1) is 0 Å². The normalized spacial score (nSPS) is 15.9. The van der Waals surface area contributed by atoms with Gasteiger partial charge in [0, 0.05) is 36.7 Å². The van der Waals surface area contributed by atoms with Crippen LogP contribution >= 0.6 is 11.6 Å². The summed E-state index contributed by atoms with van der Waals surface area (Å²) >= 11 is 6.11. The number of rotatable bonds is 7. The van der Waals surface area contributed by atoms with Gasteiger partial charge in [0.1, 0.15) is 11.5 Å². The number of halogens is 1. The van der Waals surface area contributed by atoms with Crippen LogP contribution in [0, 0.1) is 0 Å². The first kappa shape index (κ1) is 20.3. The van der Waals surface area contributed by atoms with Crippen LogP contribution in [-0.4, -0.2) is 47.8 Å². The molecule has 30 heavy (non-hydrogen) atoms. The molecule has 1 N–H and O–H groups in total. The number of likely N-dealkylation sites (tertiary alicyclic amines) is 1. The van der Waals surface area contributed by atoms with E-state index in [-0.39, 0.29) is 11.8 Å². The Morgan fingerprint density at radius 2 is 2.10 bits per heavy atom. The van der Waals surface area contributed by atoms with Crippen molar-refractivity contribution in [1.82, 2.24) is 15.1 Å². The molecular weight excluding hydrogens is 402 g/mol. The molecule has 7 heteroatoms. The van der Waals surface area contributed by atoms with Crippen LogP contribution in [0.1, 0.15) is 34.1 Å². The molecule has 3 aromatic rings. The van der Waals surface area contributed by atoms with Crippen LogP contribution in [0.2, 0.25) is 5.02 Å². The Morgan fingerprint density at radius 1 is 1.23 bits per heavy atom. The number of carbonyl (C=O) groups excluding carboxylic acids is 1. The van der Waals surface area contributed by atoms with Crippen molar-refractivity contribution in [3.8, 4) is 11.5 Å². The lowest BCUT2D eigenvalue weighted by Gasteiger charge is -2.16. The Morgan fingerprint density at radius 3 is 2.93 bits per heavy atom. The lowest BCUT2D eigenvalue weighted by atomic mass is 10.0. The van der Waals surface area contributed by atoms with E-state index in [1.165, 1.54) is 0 Å². The van der Waals surface area contributed by atoms with Gasteiger partial charge in [0.05, 0.1) is 24.4 Å². The third kappa shape index (κ3) is 4.60. The number of ether oxygens (including phenoxy) is 2. The highest BCUT2D eigenvalue weighted by Gasteiger charge is 2.29. The molecule has 1 saturated heterocycles. The molecule has 156 valence electrons. The number of nitrogens with one attached hydrogen (secondary N) is 1. The summed E-state index contributed by atoms with van der Waals surface area (Å²) in [7, 11) is 1.60. The maximum absolute atomic E-state index is 12.8. The molecule has 0 saturated carbocycles. The average Bonchev–Trinajstić information content (AvgIpc) is 3.44. The molecule has 4 rings (SSSR count). The number of H-pyrrole nitrogens is 1. The maximum atomic E-state index is 12.8. The molecule has 2 heterocycles. The Labute approximate surface area is 180 Å². The standard InChI is InChI=1S/C23H24ClN3O3/c1-29-19-6-4-5-16(13-19)23(28)27-11-9-17(15-27)21-14-18(25-26-21)10-12-30-22-8-3-2-7-20(22)24/h2-8,13-14,17H,9-12,15H2,1H3,(H,25,26)/t17-/m1/s1. The van der Waals surface area contributed by atoms with Crippen LogP contribution in [0.5, 0.6) is 11.5 Å². The first-order valence-electron chi connectivity index (χ1n) is 9.99. The van der Waals surface area contributed by atoms with Crippen molar-refractivity contribution < 1.29 is 14.3 Å². The Kier molecular flexibility index (Phi) is 6.23. The molecular formula is C23H24ClN3O3. The Balaban J connectivity index is 1.32.